The molecular formula is C15H18N2O4. The number of aromatic carboxylic acids is 1. The lowest BCUT2D eigenvalue weighted by Gasteiger charge is -2.17. The Morgan fingerprint density at radius 2 is 1.90 bits per heavy atom. The summed E-state index contributed by atoms with van der Waals surface area (Å²) in [4.78, 5) is 11.1. The molecule has 0 aliphatic heterocycles. The van der Waals surface area contributed by atoms with Gasteiger partial charge < -0.3 is 14.6 Å². The first-order chi connectivity index (χ1) is 9.90. The number of ether oxygens (including phenoxy) is 2. The molecule has 1 aromatic carbocycles. The van der Waals surface area contributed by atoms with Crippen LogP contribution in [0.2, 0.25) is 0 Å². The second-order valence-electron chi connectivity index (χ2n) is 4.77. The SMILES string of the molecule is COc1cc(C)c(-c2cc(C(=O)O)nn2C)c(OC)c1C. The van der Waals surface area contributed by atoms with E-state index in [-0.39, 0.29) is 5.69 Å². The van der Waals surface area contributed by atoms with Gasteiger partial charge >= 0.3 is 5.97 Å². The van der Waals surface area contributed by atoms with Gasteiger partial charge in [0.05, 0.1) is 19.9 Å². The quantitative estimate of drug-likeness (QED) is 0.936. The van der Waals surface area contributed by atoms with Crippen molar-refractivity contribution in [2.45, 2.75) is 13.8 Å². The van der Waals surface area contributed by atoms with Crippen molar-refractivity contribution < 1.29 is 19.4 Å². The van der Waals surface area contributed by atoms with Gasteiger partial charge in [0.1, 0.15) is 11.5 Å². The van der Waals surface area contributed by atoms with Crippen LogP contribution in [0.5, 0.6) is 11.5 Å². The van der Waals surface area contributed by atoms with Crippen LogP contribution < -0.4 is 9.47 Å². The summed E-state index contributed by atoms with van der Waals surface area (Å²) in [5, 5.41) is 13.1. The number of benzene rings is 1. The van der Waals surface area contributed by atoms with Gasteiger partial charge in [0, 0.05) is 18.2 Å². The number of nitrogens with zero attached hydrogens (tertiary/aromatic N) is 2. The predicted molar refractivity (Wildman–Crippen MR) is 78.2 cm³/mol. The molecule has 6 nitrogen and oxygen atoms in total. The average Bonchev–Trinajstić information content (AvgIpc) is 2.82. The molecule has 21 heavy (non-hydrogen) atoms. The summed E-state index contributed by atoms with van der Waals surface area (Å²) in [5.41, 5.74) is 3.29. The number of rotatable bonds is 4. The summed E-state index contributed by atoms with van der Waals surface area (Å²) < 4.78 is 12.4. The first-order valence-corrected chi connectivity index (χ1v) is 6.40. The van der Waals surface area contributed by atoms with E-state index in [2.05, 4.69) is 5.10 Å². The van der Waals surface area contributed by atoms with E-state index in [0.717, 1.165) is 22.4 Å². The van der Waals surface area contributed by atoms with Crippen LogP contribution in [0.3, 0.4) is 0 Å². The van der Waals surface area contributed by atoms with E-state index in [4.69, 9.17) is 14.6 Å². The first kappa shape index (κ1) is 14.9. The van der Waals surface area contributed by atoms with Gasteiger partial charge in [-0.05, 0) is 31.5 Å². The summed E-state index contributed by atoms with van der Waals surface area (Å²) in [6, 6.07) is 3.44. The fourth-order valence-corrected chi connectivity index (χ4v) is 2.45. The van der Waals surface area contributed by atoms with E-state index < -0.39 is 5.97 Å². The molecule has 0 bridgehead atoms. The topological polar surface area (TPSA) is 73.6 Å². The van der Waals surface area contributed by atoms with Crippen LogP contribution in [0.25, 0.3) is 11.3 Å². The van der Waals surface area contributed by atoms with Crippen LogP contribution in [0, 0.1) is 13.8 Å². The van der Waals surface area contributed by atoms with Crippen LogP contribution in [0.15, 0.2) is 12.1 Å². The molecule has 0 aliphatic carbocycles. The lowest BCUT2D eigenvalue weighted by molar-refractivity contribution is 0.0689. The van der Waals surface area contributed by atoms with Gasteiger partial charge in [0.25, 0.3) is 0 Å². The normalized spacial score (nSPS) is 10.5. The molecule has 0 atom stereocenters. The maximum absolute atomic E-state index is 11.1. The third-order valence-corrected chi connectivity index (χ3v) is 3.46. The maximum Gasteiger partial charge on any atom is 0.356 e. The number of carbonyl (C=O) groups is 1. The minimum absolute atomic E-state index is 0.00224. The predicted octanol–water partition coefficient (Wildman–Crippen LogP) is 2.42. The van der Waals surface area contributed by atoms with Gasteiger partial charge in [0.15, 0.2) is 5.69 Å². The molecule has 0 radical (unpaired) electrons. The smallest absolute Gasteiger partial charge is 0.356 e. The zero-order chi connectivity index (χ0) is 15.7. The Balaban J connectivity index is 2.74. The first-order valence-electron chi connectivity index (χ1n) is 6.40. The van der Waals surface area contributed by atoms with Crippen LogP contribution in [-0.2, 0) is 7.05 Å². The Hall–Kier alpha value is -2.50. The lowest BCUT2D eigenvalue weighted by Crippen LogP contribution is -2.02. The van der Waals surface area contributed by atoms with Crippen molar-refractivity contribution in [1.82, 2.24) is 9.78 Å². The van der Waals surface area contributed by atoms with Gasteiger partial charge in [-0.1, -0.05) is 0 Å². The molecule has 1 heterocycles. The van der Waals surface area contributed by atoms with E-state index in [0.29, 0.717) is 11.4 Å². The van der Waals surface area contributed by atoms with Gasteiger partial charge in [-0.25, -0.2) is 4.79 Å². The molecule has 0 amide bonds. The largest absolute Gasteiger partial charge is 0.496 e. The molecule has 6 heteroatoms. The third kappa shape index (κ3) is 2.44. The van der Waals surface area contributed by atoms with Gasteiger partial charge in [-0.15, -0.1) is 0 Å². The molecular weight excluding hydrogens is 272 g/mol. The number of carboxylic acids is 1. The minimum Gasteiger partial charge on any atom is -0.496 e. The molecule has 0 spiro atoms. The molecule has 1 N–H and O–H groups in total. The van der Waals surface area contributed by atoms with Crippen molar-refractivity contribution in [2.24, 2.45) is 7.05 Å². The van der Waals surface area contributed by atoms with E-state index >= 15 is 0 Å². The Labute approximate surface area is 122 Å². The zero-order valence-electron chi connectivity index (χ0n) is 12.7. The Morgan fingerprint density at radius 1 is 1.24 bits per heavy atom. The van der Waals surface area contributed by atoms with Crippen LogP contribution >= 0.6 is 0 Å². The summed E-state index contributed by atoms with van der Waals surface area (Å²) in [5.74, 6) is 0.333. The summed E-state index contributed by atoms with van der Waals surface area (Å²) in [7, 11) is 4.90. The molecule has 0 fully saturated rings. The molecule has 0 aliphatic rings. The fourth-order valence-electron chi connectivity index (χ4n) is 2.45. The average molecular weight is 290 g/mol. The zero-order valence-corrected chi connectivity index (χ0v) is 12.7. The Bertz CT molecular complexity index is 704. The molecule has 0 saturated carbocycles. The van der Waals surface area contributed by atoms with Crippen molar-refractivity contribution in [3.63, 3.8) is 0 Å². The number of aromatic nitrogens is 2. The number of carboxylic acid groups (broad SMARTS) is 1. The van der Waals surface area contributed by atoms with E-state index in [1.54, 1.807) is 32.0 Å². The highest BCUT2D eigenvalue weighted by molar-refractivity contribution is 5.88. The second kappa shape index (κ2) is 5.47. The minimum atomic E-state index is -1.06. The van der Waals surface area contributed by atoms with Crippen molar-refractivity contribution in [3.8, 4) is 22.8 Å². The Morgan fingerprint density at radius 3 is 2.38 bits per heavy atom. The molecule has 112 valence electrons. The highest BCUT2D eigenvalue weighted by Gasteiger charge is 2.21. The number of hydrogen-bond donors (Lipinski definition) is 1. The number of aryl methyl sites for hydroxylation is 2. The van der Waals surface area contributed by atoms with E-state index in [1.165, 1.54) is 0 Å². The molecule has 1 aromatic heterocycles. The van der Waals surface area contributed by atoms with Crippen molar-refractivity contribution in [1.29, 1.82) is 0 Å². The summed E-state index contributed by atoms with van der Waals surface area (Å²) in [6.07, 6.45) is 0. The monoisotopic (exact) mass is 290 g/mol. The molecule has 0 saturated heterocycles. The standard InChI is InChI=1S/C15H18N2O4/c1-8-6-12(20-4)9(2)14(21-5)13(8)11-7-10(15(18)19)16-17(11)3/h6-7H,1-5H3,(H,18,19). The van der Waals surface area contributed by atoms with Crippen molar-refractivity contribution in [2.75, 3.05) is 14.2 Å². The van der Waals surface area contributed by atoms with Gasteiger partial charge in [0.2, 0.25) is 0 Å². The lowest BCUT2D eigenvalue weighted by atomic mass is 9.99. The van der Waals surface area contributed by atoms with Crippen LogP contribution in [0.1, 0.15) is 21.6 Å². The second-order valence-corrected chi connectivity index (χ2v) is 4.77. The fraction of sp³-hybridized carbons (Fsp3) is 0.333. The Kier molecular flexibility index (Phi) is 3.88. The summed E-state index contributed by atoms with van der Waals surface area (Å²) >= 11 is 0. The maximum atomic E-state index is 11.1. The highest BCUT2D eigenvalue weighted by atomic mass is 16.5. The number of methoxy groups -OCH3 is 2. The van der Waals surface area contributed by atoms with Crippen molar-refractivity contribution >= 4 is 5.97 Å². The molecule has 0 unspecified atom stereocenters. The third-order valence-electron chi connectivity index (χ3n) is 3.46. The van der Waals surface area contributed by atoms with Gasteiger partial charge in [-0.2, -0.15) is 5.10 Å². The van der Waals surface area contributed by atoms with E-state index in [1.807, 2.05) is 19.9 Å². The summed E-state index contributed by atoms with van der Waals surface area (Å²) in [6.45, 7) is 3.82. The van der Waals surface area contributed by atoms with Gasteiger partial charge in [-0.3, -0.25) is 4.68 Å². The van der Waals surface area contributed by atoms with E-state index in [9.17, 15) is 4.79 Å². The number of hydrogen-bond acceptors (Lipinski definition) is 4. The van der Waals surface area contributed by atoms with Crippen LogP contribution in [-0.4, -0.2) is 35.1 Å². The molecule has 2 rings (SSSR count). The molecule has 2 aromatic rings. The van der Waals surface area contributed by atoms with Crippen LogP contribution in [0.4, 0.5) is 0 Å². The highest BCUT2D eigenvalue weighted by Crippen LogP contribution is 2.40. The van der Waals surface area contributed by atoms with Crippen molar-refractivity contribution in [3.05, 3.63) is 29.0 Å².